The Bertz CT molecular complexity index is 418. The van der Waals surface area contributed by atoms with Crippen molar-refractivity contribution in [2.45, 2.75) is 66.0 Å². The molecule has 0 saturated carbocycles. The molecular weight excluding hydrogens is 246 g/mol. The summed E-state index contributed by atoms with van der Waals surface area (Å²) in [5, 5.41) is 3.81. The molecule has 2 nitrogen and oxygen atoms in total. The van der Waals surface area contributed by atoms with Crippen molar-refractivity contribution in [2.24, 2.45) is 5.41 Å². The highest BCUT2D eigenvalue weighted by atomic mass is 16.5. The molecule has 20 heavy (non-hydrogen) atoms. The molecule has 0 amide bonds. The number of hydrogen-bond acceptors (Lipinski definition) is 2. The maximum absolute atomic E-state index is 5.50. The number of hydrogen-bond donors (Lipinski definition) is 1. The smallest absolute Gasteiger partial charge is 0.123 e. The van der Waals surface area contributed by atoms with Crippen molar-refractivity contribution >= 4 is 0 Å². The Labute approximate surface area is 124 Å². The van der Waals surface area contributed by atoms with Gasteiger partial charge in [-0.1, -0.05) is 45.9 Å². The number of rotatable bonds is 6. The zero-order chi connectivity index (χ0) is 15.4. The molecule has 1 atom stereocenters. The molecule has 0 aliphatic carbocycles. The standard InChI is InChI=1S/C18H31NO/c1-8-15(14-11-9-10-12-16(14)20-7)19-18(5,6)13-17(2,3)4/h9-12,15,19H,8,13H2,1-7H3. The van der Waals surface area contributed by atoms with Crippen molar-refractivity contribution in [3.63, 3.8) is 0 Å². The van der Waals surface area contributed by atoms with Gasteiger partial charge in [0, 0.05) is 17.1 Å². The van der Waals surface area contributed by atoms with Crippen LogP contribution in [0.4, 0.5) is 0 Å². The van der Waals surface area contributed by atoms with Crippen LogP contribution in [0.2, 0.25) is 0 Å². The van der Waals surface area contributed by atoms with Gasteiger partial charge in [-0.05, 0) is 38.2 Å². The lowest BCUT2D eigenvalue weighted by Gasteiger charge is -2.37. The number of ether oxygens (including phenoxy) is 1. The van der Waals surface area contributed by atoms with E-state index >= 15 is 0 Å². The third-order valence-corrected chi connectivity index (χ3v) is 3.46. The van der Waals surface area contributed by atoms with Crippen LogP contribution < -0.4 is 10.1 Å². The monoisotopic (exact) mass is 277 g/mol. The normalized spacial score (nSPS) is 14.2. The van der Waals surface area contributed by atoms with E-state index in [2.05, 4.69) is 59.0 Å². The van der Waals surface area contributed by atoms with Gasteiger partial charge in [-0.2, -0.15) is 0 Å². The first-order chi connectivity index (χ1) is 9.18. The molecule has 114 valence electrons. The lowest BCUT2D eigenvalue weighted by Crippen LogP contribution is -2.44. The van der Waals surface area contributed by atoms with Crippen molar-refractivity contribution in [3.8, 4) is 5.75 Å². The third-order valence-electron chi connectivity index (χ3n) is 3.46. The summed E-state index contributed by atoms with van der Waals surface area (Å²) in [6.07, 6.45) is 2.18. The third kappa shape index (κ3) is 5.16. The van der Waals surface area contributed by atoms with Crippen molar-refractivity contribution in [2.75, 3.05) is 7.11 Å². The fourth-order valence-corrected chi connectivity index (χ4v) is 3.20. The molecule has 1 rings (SSSR count). The van der Waals surface area contributed by atoms with Gasteiger partial charge >= 0.3 is 0 Å². The highest BCUT2D eigenvalue weighted by Gasteiger charge is 2.28. The second-order valence-electron chi connectivity index (χ2n) is 7.47. The minimum atomic E-state index is 0.0970. The zero-order valence-corrected chi connectivity index (χ0v) is 14.2. The van der Waals surface area contributed by atoms with E-state index in [0.717, 1.165) is 18.6 Å². The summed E-state index contributed by atoms with van der Waals surface area (Å²) in [7, 11) is 1.74. The predicted molar refractivity (Wildman–Crippen MR) is 87.3 cm³/mol. The summed E-state index contributed by atoms with van der Waals surface area (Å²) in [5.41, 5.74) is 1.66. The Hall–Kier alpha value is -1.02. The molecular formula is C18H31NO. The molecule has 1 unspecified atom stereocenters. The van der Waals surface area contributed by atoms with E-state index in [-0.39, 0.29) is 5.54 Å². The second kappa shape index (κ2) is 6.62. The first-order valence-corrected chi connectivity index (χ1v) is 7.59. The first-order valence-electron chi connectivity index (χ1n) is 7.59. The van der Waals surface area contributed by atoms with Gasteiger partial charge in [0.1, 0.15) is 5.75 Å². The van der Waals surface area contributed by atoms with Crippen LogP contribution in [0.3, 0.4) is 0 Å². The molecule has 0 spiro atoms. The molecule has 0 saturated heterocycles. The van der Waals surface area contributed by atoms with Gasteiger partial charge in [0.05, 0.1) is 7.11 Å². The van der Waals surface area contributed by atoms with Crippen molar-refractivity contribution in [1.82, 2.24) is 5.32 Å². The summed E-state index contributed by atoms with van der Waals surface area (Å²) in [6, 6.07) is 8.63. The maximum Gasteiger partial charge on any atom is 0.123 e. The summed E-state index contributed by atoms with van der Waals surface area (Å²) in [6.45, 7) is 13.7. The van der Waals surface area contributed by atoms with Gasteiger partial charge in [-0.25, -0.2) is 0 Å². The lowest BCUT2D eigenvalue weighted by atomic mass is 9.81. The summed E-state index contributed by atoms with van der Waals surface area (Å²) < 4.78 is 5.50. The van der Waals surface area contributed by atoms with E-state index in [0.29, 0.717) is 11.5 Å². The van der Waals surface area contributed by atoms with E-state index in [1.54, 1.807) is 7.11 Å². The Morgan fingerprint density at radius 1 is 1.10 bits per heavy atom. The van der Waals surface area contributed by atoms with Crippen LogP contribution in [0.5, 0.6) is 5.75 Å². The zero-order valence-electron chi connectivity index (χ0n) is 14.2. The molecule has 0 fully saturated rings. The van der Waals surface area contributed by atoms with E-state index in [9.17, 15) is 0 Å². The Balaban J connectivity index is 2.91. The minimum absolute atomic E-state index is 0.0970. The molecule has 0 radical (unpaired) electrons. The molecule has 0 aliphatic rings. The maximum atomic E-state index is 5.50. The van der Waals surface area contributed by atoms with Gasteiger partial charge in [0.25, 0.3) is 0 Å². The van der Waals surface area contributed by atoms with Crippen LogP contribution in [-0.2, 0) is 0 Å². The lowest BCUT2D eigenvalue weighted by molar-refractivity contribution is 0.219. The van der Waals surface area contributed by atoms with Crippen molar-refractivity contribution in [3.05, 3.63) is 29.8 Å². The Morgan fingerprint density at radius 2 is 1.70 bits per heavy atom. The van der Waals surface area contributed by atoms with E-state index < -0.39 is 0 Å². The average molecular weight is 277 g/mol. The molecule has 0 aromatic heterocycles. The summed E-state index contributed by atoms with van der Waals surface area (Å²) in [5.74, 6) is 0.971. The van der Waals surface area contributed by atoms with Gasteiger partial charge < -0.3 is 10.1 Å². The Morgan fingerprint density at radius 3 is 2.20 bits per heavy atom. The van der Waals surface area contributed by atoms with Gasteiger partial charge in [-0.3, -0.25) is 0 Å². The Kier molecular flexibility index (Phi) is 5.64. The number of nitrogens with one attached hydrogen (secondary N) is 1. The minimum Gasteiger partial charge on any atom is -0.496 e. The van der Waals surface area contributed by atoms with Crippen LogP contribution >= 0.6 is 0 Å². The number of para-hydroxylation sites is 1. The van der Waals surface area contributed by atoms with Crippen molar-refractivity contribution in [1.29, 1.82) is 0 Å². The van der Waals surface area contributed by atoms with Crippen LogP contribution in [0, 0.1) is 5.41 Å². The SMILES string of the molecule is CCC(NC(C)(C)CC(C)(C)C)c1ccccc1OC. The molecule has 0 aliphatic heterocycles. The topological polar surface area (TPSA) is 21.3 Å². The van der Waals surface area contributed by atoms with Crippen LogP contribution in [0.15, 0.2) is 24.3 Å². The number of methoxy groups -OCH3 is 1. The second-order valence-corrected chi connectivity index (χ2v) is 7.47. The van der Waals surface area contributed by atoms with E-state index in [4.69, 9.17) is 4.74 Å². The number of benzene rings is 1. The molecule has 0 heterocycles. The van der Waals surface area contributed by atoms with E-state index in [1.807, 2.05) is 12.1 Å². The van der Waals surface area contributed by atoms with Crippen LogP contribution in [0.1, 0.15) is 66.0 Å². The highest BCUT2D eigenvalue weighted by Crippen LogP contribution is 2.32. The van der Waals surface area contributed by atoms with E-state index in [1.165, 1.54) is 5.56 Å². The highest BCUT2D eigenvalue weighted by molar-refractivity contribution is 5.36. The summed E-state index contributed by atoms with van der Waals surface area (Å²) in [4.78, 5) is 0. The van der Waals surface area contributed by atoms with Crippen molar-refractivity contribution < 1.29 is 4.74 Å². The summed E-state index contributed by atoms with van der Waals surface area (Å²) >= 11 is 0. The predicted octanol–water partition coefficient (Wildman–Crippen LogP) is 4.95. The molecule has 1 aromatic carbocycles. The molecule has 1 aromatic rings. The molecule has 0 bridgehead atoms. The van der Waals surface area contributed by atoms with Gasteiger partial charge in [0.15, 0.2) is 0 Å². The first kappa shape index (κ1) is 17.0. The quantitative estimate of drug-likeness (QED) is 0.794. The molecule has 1 N–H and O–H groups in total. The largest absolute Gasteiger partial charge is 0.496 e. The fraction of sp³-hybridized carbons (Fsp3) is 0.667. The van der Waals surface area contributed by atoms with Crippen LogP contribution in [0.25, 0.3) is 0 Å². The van der Waals surface area contributed by atoms with Gasteiger partial charge in [0.2, 0.25) is 0 Å². The molecule has 2 heteroatoms. The average Bonchev–Trinajstić information content (AvgIpc) is 2.33. The fourth-order valence-electron chi connectivity index (χ4n) is 3.20. The van der Waals surface area contributed by atoms with Gasteiger partial charge in [-0.15, -0.1) is 0 Å². The van der Waals surface area contributed by atoms with Crippen LogP contribution in [-0.4, -0.2) is 12.6 Å².